The number of aryl methyl sites for hydroxylation is 1. The number of nitrogens with zero attached hydrogens (tertiary/aromatic N) is 1. The first-order valence-electron chi connectivity index (χ1n) is 14.1. The van der Waals surface area contributed by atoms with Crippen LogP contribution in [-0.2, 0) is 28.0 Å². The Bertz CT molecular complexity index is 1240. The smallest absolute Gasteiger partial charge is 0.261 e. The lowest BCUT2D eigenvalue weighted by molar-refractivity contribution is -0.143. The molecule has 2 amide bonds. The van der Waals surface area contributed by atoms with E-state index in [2.05, 4.69) is 26.1 Å². The summed E-state index contributed by atoms with van der Waals surface area (Å²) >= 11 is 0. The number of rotatable bonds is 10. The number of ether oxygens (including phenoxy) is 1. The van der Waals surface area contributed by atoms with Crippen LogP contribution < -0.4 is 10.1 Å². The highest BCUT2D eigenvalue weighted by molar-refractivity contribution is 5.88. The average molecular weight is 527 g/mol. The van der Waals surface area contributed by atoms with Gasteiger partial charge in [0.2, 0.25) is 5.91 Å². The molecule has 1 aliphatic carbocycles. The first-order chi connectivity index (χ1) is 18.7. The van der Waals surface area contributed by atoms with E-state index in [0.717, 1.165) is 47.9 Å². The maximum atomic E-state index is 14.0. The van der Waals surface area contributed by atoms with E-state index in [9.17, 15) is 9.59 Å². The second-order valence-electron chi connectivity index (χ2n) is 11.7. The molecule has 0 saturated heterocycles. The number of carbonyl (C=O) groups is 2. The van der Waals surface area contributed by atoms with Gasteiger partial charge in [0.15, 0.2) is 6.61 Å². The van der Waals surface area contributed by atoms with E-state index in [1.807, 2.05) is 85.8 Å². The predicted molar refractivity (Wildman–Crippen MR) is 157 cm³/mol. The Balaban J connectivity index is 1.64. The van der Waals surface area contributed by atoms with Crippen molar-refractivity contribution in [2.75, 3.05) is 6.61 Å². The number of hydrogen-bond donors (Lipinski definition) is 1. The molecule has 1 fully saturated rings. The third-order valence-electron chi connectivity index (χ3n) is 7.62. The molecule has 1 atom stereocenters. The molecule has 0 aromatic heterocycles. The number of benzene rings is 3. The van der Waals surface area contributed by atoms with Crippen molar-refractivity contribution in [2.45, 2.75) is 83.8 Å². The Morgan fingerprint density at radius 2 is 1.56 bits per heavy atom. The zero-order valence-corrected chi connectivity index (χ0v) is 23.8. The van der Waals surface area contributed by atoms with Crippen LogP contribution in [0.3, 0.4) is 0 Å². The van der Waals surface area contributed by atoms with Crippen LogP contribution in [0.4, 0.5) is 0 Å². The standard InChI is InChI=1S/C34H42N2O3/c1-25-14-8-9-17-27(25)23-36(32(37)24-39-31-21-13-12-20-29(31)34(2,3)4)30(22-26-15-6-5-7-16-26)33(38)35-28-18-10-11-19-28/h5-9,12-17,20-21,28,30H,10-11,18-19,22-24H2,1-4H3,(H,35,38). The Labute approximate surface area is 233 Å². The van der Waals surface area contributed by atoms with Crippen LogP contribution in [0.2, 0.25) is 0 Å². The molecule has 1 saturated carbocycles. The Kier molecular flexibility index (Phi) is 9.45. The van der Waals surface area contributed by atoms with Crippen LogP contribution in [0.5, 0.6) is 5.75 Å². The second kappa shape index (κ2) is 13.0. The maximum absolute atomic E-state index is 14.0. The van der Waals surface area contributed by atoms with Crippen molar-refractivity contribution in [3.8, 4) is 5.75 Å². The number of carbonyl (C=O) groups excluding carboxylic acids is 2. The van der Waals surface area contributed by atoms with Gasteiger partial charge in [0, 0.05) is 19.0 Å². The molecule has 0 heterocycles. The van der Waals surface area contributed by atoms with Crippen LogP contribution in [0.25, 0.3) is 0 Å². The first kappa shape index (κ1) is 28.4. The van der Waals surface area contributed by atoms with Gasteiger partial charge in [-0.15, -0.1) is 0 Å². The fourth-order valence-electron chi connectivity index (χ4n) is 5.33. The van der Waals surface area contributed by atoms with Gasteiger partial charge in [0.1, 0.15) is 11.8 Å². The zero-order valence-electron chi connectivity index (χ0n) is 23.8. The maximum Gasteiger partial charge on any atom is 0.261 e. The topological polar surface area (TPSA) is 58.6 Å². The Morgan fingerprint density at radius 3 is 2.26 bits per heavy atom. The van der Waals surface area contributed by atoms with Crippen LogP contribution >= 0.6 is 0 Å². The summed E-state index contributed by atoms with van der Waals surface area (Å²) < 4.78 is 6.17. The van der Waals surface area contributed by atoms with E-state index >= 15 is 0 Å². The molecule has 1 aliphatic rings. The molecule has 3 aromatic rings. The predicted octanol–water partition coefficient (Wildman–Crippen LogP) is 6.37. The third kappa shape index (κ3) is 7.72. The van der Waals surface area contributed by atoms with Crippen LogP contribution in [0.1, 0.15) is 68.7 Å². The highest BCUT2D eigenvalue weighted by atomic mass is 16.5. The normalized spacial score (nSPS) is 14.6. The summed E-state index contributed by atoms with van der Waals surface area (Å²) in [6.07, 6.45) is 4.67. The second-order valence-corrected chi connectivity index (χ2v) is 11.7. The van der Waals surface area contributed by atoms with Crippen LogP contribution in [-0.4, -0.2) is 35.4 Å². The molecule has 0 radical (unpaired) electrons. The molecule has 3 aromatic carbocycles. The minimum Gasteiger partial charge on any atom is -0.483 e. The van der Waals surface area contributed by atoms with Crippen LogP contribution in [0, 0.1) is 6.92 Å². The fraction of sp³-hybridized carbons (Fsp3) is 0.412. The molecule has 0 spiro atoms. The number of hydrogen-bond acceptors (Lipinski definition) is 3. The largest absolute Gasteiger partial charge is 0.483 e. The number of nitrogens with one attached hydrogen (secondary N) is 1. The molecule has 0 aliphatic heterocycles. The summed E-state index contributed by atoms with van der Waals surface area (Å²) in [4.78, 5) is 29.5. The summed E-state index contributed by atoms with van der Waals surface area (Å²) in [5.74, 6) is 0.399. The quantitative estimate of drug-likeness (QED) is 0.334. The number of amides is 2. The third-order valence-corrected chi connectivity index (χ3v) is 7.62. The molecular weight excluding hydrogens is 484 g/mol. The van der Waals surface area contributed by atoms with Crippen molar-refractivity contribution in [3.05, 3.63) is 101 Å². The number of para-hydroxylation sites is 1. The first-order valence-corrected chi connectivity index (χ1v) is 14.1. The lowest BCUT2D eigenvalue weighted by atomic mass is 9.86. The minimum atomic E-state index is -0.651. The van der Waals surface area contributed by atoms with Gasteiger partial charge in [-0.05, 0) is 53.5 Å². The van der Waals surface area contributed by atoms with Gasteiger partial charge in [-0.2, -0.15) is 0 Å². The van der Waals surface area contributed by atoms with E-state index < -0.39 is 6.04 Å². The molecule has 1 N–H and O–H groups in total. The van der Waals surface area contributed by atoms with E-state index in [-0.39, 0.29) is 29.9 Å². The molecule has 4 rings (SSSR count). The van der Waals surface area contributed by atoms with Gasteiger partial charge in [0.05, 0.1) is 0 Å². The highest BCUT2D eigenvalue weighted by Crippen LogP contribution is 2.31. The molecule has 39 heavy (non-hydrogen) atoms. The average Bonchev–Trinajstić information content (AvgIpc) is 3.43. The summed E-state index contributed by atoms with van der Waals surface area (Å²) in [7, 11) is 0. The Hall–Kier alpha value is -3.60. The van der Waals surface area contributed by atoms with E-state index in [1.165, 1.54) is 0 Å². The van der Waals surface area contributed by atoms with Gasteiger partial charge < -0.3 is 15.0 Å². The molecule has 1 unspecified atom stereocenters. The lowest BCUT2D eigenvalue weighted by Gasteiger charge is -2.33. The van der Waals surface area contributed by atoms with Gasteiger partial charge in [-0.3, -0.25) is 9.59 Å². The van der Waals surface area contributed by atoms with Crippen molar-refractivity contribution >= 4 is 11.8 Å². The molecule has 5 nitrogen and oxygen atoms in total. The lowest BCUT2D eigenvalue weighted by Crippen LogP contribution is -2.53. The minimum absolute atomic E-state index is 0.0946. The summed E-state index contributed by atoms with van der Waals surface area (Å²) in [6, 6.07) is 25.4. The van der Waals surface area contributed by atoms with Crippen molar-refractivity contribution < 1.29 is 14.3 Å². The summed E-state index contributed by atoms with van der Waals surface area (Å²) in [6.45, 7) is 8.63. The van der Waals surface area contributed by atoms with Crippen molar-refractivity contribution in [1.29, 1.82) is 0 Å². The molecule has 5 heteroatoms. The van der Waals surface area contributed by atoms with Gasteiger partial charge in [-0.1, -0.05) is 106 Å². The summed E-state index contributed by atoms with van der Waals surface area (Å²) in [5.41, 5.74) is 4.04. The molecule has 206 valence electrons. The van der Waals surface area contributed by atoms with Gasteiger partial charge >= 0.3 is 0 Å². The van der Waals surface area contributed by atoms with Crippen molar-refractivity contribution in [1.82, 2.24) is 10.2 Å². The molecule has 0 bridgehead atoms. The summed E-state index contributed by atoms with van der Waals surface area (Å²) in [5, 5.41) is 3.26. The Morgan fingerprint density at radius 1 is 0.923 bits per heavy atom. The van der Waals surface area contributed by atoms with E-state index in [1.54, 1.807) is 4.90 Å². The van der Waals surface area contributed by atoms with Crippen LogP contribution in [0.15, 0.2) is 78.9 Å². The molecular formula is C34H42N2O3. The highest BCUT2D eigenvalue weighted by Gasteiger charge is 2.33. The monoisotopic (exact) mass is 526 g/mol. The van der Waals surface area contributed by atoms with E-state index in [0.29, 0.717) is 18.7 Å². The van der Waals surface area contributed by atoms with Gasteiger partial charge in [-0.25, -0.2) is 0 Å². The fourth-order valence-corrected chi connectivity index (χ4v) is 5.33. The van der Waals surface area contributed by atoms with Crippen molar-refractivity contribution in [3.63, 3.8) is 0 Å². The van der Waals surface area contributed by atoms with E-state index in [4.69, 9.17) is 4.74 Å². The van der Waals surface area contributed by atoms with Gasteiger partial charge in [0.25, 0.3) is 5.91 Å². The zero-order chi connectivity index (χ0) is 27.8. The SMILES string of the molecule is Cc1ccccc1CN(C(=O)COc1ccccc1C(C)(C)C)C(Cc1ccccc1)C(=O)NC1CCCC1. The van der Waals surface area contributed by atoms with Crippen molar-refractivity contribution in [2.24, 2.45) is 0 Å².